The van der Waals surface area contributed by atoms with E-state index < -0.39 is 0 Å². The van der Waals surface area contributed by atoms with E-state index in [2.05, 4.69) is 28.4 Å². The molecule has 0 aliphatic carbocycles. The molecule has 2 aliphatic rings. The molecule has 0 aromatic rings. The molecule has 2 nitrogen and oxygen atoms in total. The van der Waals surface area contributed by atoms with Crippen LogP contribution in [0.1, 0.15) is 32.1 Å². The normalized spacial score (nSPS) is 29.3. The maximum absolute atomic E-state index is 4.50. The molecular formula is C10H16N2. The second-order valence-electron chi connectivity index (χ2n) is 3.51. The summed E-state index contributed by atoms with van der Waals surface area (Å²) in [7, 11) is 0. The van der Waals surface area contributed by atoms with Crippen molar-refractivity contribution < 1.29 is 0 Å². The predicted octanol–water partition coefficient (Wildman–Crippen LogP) is 2.18. The fourth-order valence-corrected chi connectivity index (χ4v) is 1.84. The maximum atomic E-state index is 4.50. The molecular weight excluding hydrogens is 148 g/mol. The largest absolute Gasteiger partial charge is 0.356 e. The molecule has 66 valence electrons. The van der Waals surface area contributed by atoms with Crippen LogP contribution in [0.4, 0.5) is 0 Å². The van der Waals surface area contributed by atoms with E-state index in [4.69, 9.17) is 0 Å². The Hall–Kier alpha value is -0.790. The van der Waals surface area contributed by atoms with Crippen LogP contribution >= 0.6 is 0 Å². The summed E-state index contributed by atoms with van der Waals surface area (Å²) in [6, 6.07) is 0. The minimum Gasteiger partial charge on any atom is -0.356 e. The standard InChI is InChI=1S/C10H16N2/c1-4-8-12(9-5-1)10-6-2-3-7-11-10/h4,7-8,10H,1-3,5-6,9H2. The predicted molar refractivity (Wildman–Crippen MR) is 51.2 cm³/mol. The van der Waals surface area contributed by atoms with Gasteiger partial charge < -0.3 is 4.90 Å². The van der Waals surface area contributed by atoms with Gasteiger partial charge in [-0.3, -0.25) is 4.99 Å². The first kappa shape index (κ1) is 7.84. The molecule has 0 saturated heterocycles. The van der Waals surface area contributed by atoms with Gasteiger partial charge in [-0.1, -0.05) is 6.08 Å². The third-order valence-electron chi connectivity index (χ3n) is 2.54. The highest BCUT2D eigenvalue weighted by atomic mass is 15.2. The Kier molecular flexibility index (Phi) is 2.45. The number of hydrogen-bond acceptors (Lipinski definition) is 2. The summed E-state index contributed by atoms with van der Waals surface area (Å²) in [5, 5.41) is 0. The van der Waals surface area contributed by atoms with Crippen molar-refractivity contribution in [2.24, 2.45) is 4.99 Å². The van der Waals surface area contributed by atoms with Crippen molar-refractivity contribution in [1.82, 2.24) is 4.90 Å². The highest BCUT2D eigenvalue weighted by molar-refractivity contribution is 5.58. The van der Waals surface area contributed by atoms with Crippen LogP contribution in [-0.4, -0.2) is 23.8 Å². The van der Waals surface area contributed by atoms with Crippen LogP contribution in [0.2, 0.25) is 0 Å². The Balaban J connectivity index is 1.97. The van der Waals surface area contributed by atoms with Crippen molar-refractivity contribution in [3.8, 4) is 0 Å². The molecule has 1 atom stereocenters. The van der Waals surface area contributed by atoms with Crippen molar-refractivity contribution in [3.63, 3.8) is 0 Å². The summed E-state index contributed by atoms with van der Waals surface area (Å²) in [5.74, 6) is 0. The quantitative estimate of drug-likeness (QED) is 0.580. The van der Waals surface area contributed by atoms with Gasteiger partial charge in [-0.25, -0.2) is 0 Å². The molecule has 0 aromatic heterocycles. The van der Waals surface area contributed by atoms with Crippen LogP contribution in [0.25, 0.3) is 0 Å². The molecule has 2 rings (SSSR count). The minimum atomic E-state index is 0.454. The van der Waals surface area contributed by atoms with Crippen molar-refractivity contribution in [3.05, 3.63) is 12.3 Å². The number of allylic oxidation sites excluding steroid dienone is 1. The Morgan fingerprint density at radius 3 is 2.92 bits per heavy atom. The Labute approximate surface area is 74.0 Å². The van der Waals surface area contributed by atoms with Gasteiger partial charge in [-0.05, 0) is 38.3 Å². The average molecular weight is 164 g/mol. The van der Waals surface area contributed by atoms with E-state index >= 15 is 0 Å². The Bertz CT molecular complexity index is 174. The number of hydrogen-bond donors (Lipinski definition) is 0. The third-order valence-corrected chi connectivity index (χ3v) is 2.54. The first-order valence-electron chi connectivity index (χ1n) is 4.91. The second kappa shape index (κ2) is 3.74. The summed E-state index contributed by atoms with van der Waals surface area (Å²) >= 11 is 0. The molecule has 2 heterocycles. The van der Waals surface area contributed by atoms with Gasteiger partial charge >= 0.3 is 0 Å². The fourth-order valence-electron chi connectivity index (χ4n) is 1.84. The maximum Gasteiger partial charge on any atom is 0.120 e. The summed E-state index contributed by atoms with van der Waals surface area (Å²) in [6.45, 7) is 1.19. The lowest BCUT2D eigenvalue weighted by atomic mass is 10.1. The zero-order valence-corrected chi connectivity index (χ0v) is 7.45. The molecule has 0 amide bonds. The van der Waals surface area contributed by atoms with Gasteiger partial charge in [0.15, 0.2) is 0 Å². The second-order valence-corrected chi connectivity index (χ2v) is 3.51. The first-order chi connectivity index (χ1) is 5.97. The van der Waals surface area contributed by atoms with E-state index in [1.54, 1.807) is 0 Å². The van der Waals surface area contributed by atoms with Crippen LogP contribution in [0, 0.1) is 0 Å². The van der Waals surface area contributed by atoms with Crippen molar-refractivity contribution >= 4 is 6.21 Å². The lowest BCUT2D eigenvalue weighted by Gasteiger charge is -2.31. The molecule has 0 spiro atoms. The molecule has 0 radical (unpaired) electrons. The van der Waals surface area contributed by atoms with Crippen molar-refractivity contribution in [2.75, 3.05) is 6.54 Å². The van der Waals surface area contributed by atoms with Crippen LogP contribution in [0.15, 0.2) is 17.3 Å². The fraction of sp³-hybridized carbons (Fsp3) is 0.700. The third kappa shape index (κ3) is 1.68. The Morgan fingerprint density at radius 2 is 2.25 bits per heavy atom. The van der Waals surface area contributed by atoms with Gasteiger partial charge in [0.05, 0.1) is 0 Å². The summed E-state index contributed by atoms with van der Waals surface area (Å²) in [5.41, 5.74) is 0. The van der Waals surface area contributed by atoms with Gasteiger partial charge in [0, 0.05) is 12.8 Å². The van der Waals surface area contributed by atoms with Crippen molar-refractivity contribution in [1.29, 1.82) is 0 Å². The van der Waals surface area contributed by atoms with Crippen molar-refractivity contribution in [2.45, 2.75) is 38.3 Å². The number of nitrogens with zero attached hydrogens (tertiary/aromatic N) is 2. The average Bonchev–Trinajstić information content (AvgIpc) is 2.21. The van der Waals surface area contributed by atoms with Gasteiger partial charge in [0.25, 0.3) is 0 Å². The van der Waals surface area contributed by atoms with E-state index in [0.717, 1.165) is 0 Å². The number of aliphatic imine (C=N–C) groups is 1. The lowest BCUT2D eigenvalue weighted by molar-refractivity contribution is 0.250. The van der Waals surface area contributed by atoms with Gasteiger partial charge in [0.2, 0.25) is 0 Å². The molecule has 0 fully saturated rings. The van der Waals surface area contributed by atoms with Gasteiger partial charge in [-0.2, -0.15) is 0 Å². The molecule has 0 N–H and O–H groups in total. The highest BCUT2D eigenvalue weighted by Gasteiger charge is 2.16. The first-order valence-corrected chi connectivity index (χ1v) is 4.91. The number of rotatable bonds is 1. The lowest BCUT2D eigenvalue weighted by Crippen LogP contribution is -2.32. The molecule has 12 heavy (non-hydrogen) atoms. The van der Waals surface area contributed by atoms with E-state index in [1.165, 1.54) is 38.6 Å². The van der Waals surface area contributed by atoms with E-state index in [1.807, 2.05) is 0 Å². The summed E-state index contributed by atoms with van der Waals surface area (Å²) in [6.07, 6.45) is 13.3. The molecule has 1 unspecified atom stereocenters. The van der Waals surface area contributed by atoms with Crippen LogP contribution < -0.4 is 0 Å². The smallest absolute Gasteiger partial charge is 0.120 e. The minimum absolute atomic E-state index is 0.454. The molecule has 2 aliphatic heterocycles. The Morgan fingerprint density at radius 1 is 1.25 bits per heavy atom. The van der Waals surface area contributed by atoms with Gasteiger partial charge in [0.1, 0.15) is 6.17 Å². The topological polar surface area (TPSA) is 15.6 Å². The van der Waals surface area contributed by atoms with Crippen LogP contribution in [0.5, 0.6) is 0 Å². The van der Waals surface area contributed by atoms with Gasteiger partial charge in [-0.15, -0.1) is 0 Å². The van der Waals surface area contributed by atoms with Crippen LogP contribution in [0.3, 0.4) is 0 Å². The molecule has 0 saturated carbocycles. The monoisotopic (exact) mass is 164 g/mol. The van der Waals surface area contributed by atoms with E-state index in [0.29, 0.717) is 6.17 Å². The SMILES string of the molecule is C1=CN(C2CCCC=N2)CCC1. The van der Waals surface area contributed by atoms with E-state index in [9.17, 15) is 0 Å². The molecule has 2 heteroatoms. The van der Waals surface area contributed by atoms with Crippen LogP contribution in [-0.2, 0) is 0 Å². The summed E-state index contributed by atoms with van der Waals surface area (Å²) < 4.78 is 0. The zero-order valence-electron chi connectivity index (χ0n) is 7.45. The highest BCUT2D eigenvalue weighted by Crippen LogP contribution is 2.17. The summed E-state index contributed by atoms with van der Waals surface area (Å²) in [4.78, 5) is 6.88. The zero-order chi connectivity index (χ0) is 8.23. The molecule has 0 aromatic carbocycles. The molecule has 0 bridgehead atoms. The van der Waals surface area contributed by atoms with E-state index in [-0.39, 0.29) is 0 Å².